The Hall–Kier alpha value is -1.88. The normalized spacial score (nSPS) is 15.5. The Balaban J connectivity index is 2.01. The zero-order valence-corrected chi connectivity index (χ0v) is 10.7. The number of hydrogen-bond donors (Lipinski definition) is 3. The van der Waals surface area contributed by atoms with Crippen molar-refractivity contribution >= 4 is 17.6 Å². The summed E-state index contributed by atoms with van der Waals surface area (Å²) >= 11 is 0. The summed E-state index contributed by atoms with van der Waals surface area (Å²) in [6.07, 6.45) is 2.61. The van der Waals surface area contributed by atoms with Crippen molar-refractivity contribution in [3.05, 3.63) is 29.3 Å². The van der Waals surface area contributed by atoms with E-state index >= 15 is 0 Å². The molecule has 0 saturated heterocycles. The fourth-order valence-corrected chi connectivity index (χ4v) is 2.27. The molecule has 2 rings (SSSR count). The van der Waals surface area contributed by atoms with E-state index in [-0.39, 0.29) is 18.4 Å². The van der Waals surface area contributed by atoms with Crippen molar-refractivity contribution in [3.8, 4) is 0 Å². The Morgan fingerprint density at radius 1 is 1.42 bits per heavy atom. The summed E-state index contributed by atoms with van der Waals surface area (Å²) in [7, 11) is 0. The number of nitrogens with two attached hydrogens (primary N) is 1. The molecule has 102 valence electrons. The minimum atomic E-state index is -0.791. The number of nitrogens with one attached hydrogen (secondary N) is 1. The maximum Gasteiger partial charge on any atom is 0.303 e. The molecule has 0 aliphatic carbocycles. The standard InChI is InChI=1S/C14H18N2O3/c15-11(2-1-3-14(18)19)9-4-6-12-10(8-9)5-7-13(17)16-12/h4,6,8,11H,1-3,5,7,15H2,(H,16,17)(H,18,19). The number of fused-ring (bicyclic) bond motifs is 1. The first-order valence-corrected chi connectivity index (χ1v) is 6.46. The third-order valence-electron chi connectivity index (χ3n) is 3.36. The minimum absolute atomic E-state index is 0.0472. The second-order valence-corrected chi connectivity index (χ2v) is 4.86. The van der Waals surface area contributed by atoms with Crippen LogP contribution in [0.1, 0.15) is 42.9 Å². The fraction of sp³-hybridized carbons (Fsp3) is 0.429. The molecule has 0 fully saturated rings. The van der Waals surface area contributed by atoms with Gasteiger partial charge in [0.2, 0.25) is 5.91 Å². The zero-order chi connectivity index (χ0) is 13.8. The second-order valence-electron chi connectivity index (χ2n) is 4.86. The van der Waals surface area contributed by atoms with Crippen molar-refractivity contribution in [2.45, 2.75) is 38.1 Å². The maximum atomic E-state index is 11.3. The van der Waals surface area contributed by atoms with Gasteiger partial charge in [-0.05, 0) is 36.5 Å². The molecule has 1 heterocycles. The number of anilines is 1. The smallest absolute Gasteiger partial charge is 0.303 e. The largest absolute Gasteiger partial charge is 0.481 e. The monoisotopic (exact) mass is 262 g/mol. The molecule has 1 aromatic carbocycles. The summed E-state index contributed by atoms with van der Waals surface area (Å²) in [5.74, 6) is -0.744. The van der Waals surface area contributed by atoms with E-state index in [2.05, 4.69) is 5.32 Å². The number of amides is 1. The quantitative estimate of drug-likeness (QED) is 0.754. The van der Waals surface area contributed by atoms with Gasteiger partial charge in [-0.15, -0.1) is 0 Å². The first-order chi connectivity index (χ1) is 9.06. The number of carbonyl (C=O) groups is 2. The van der Waals surface area contributed by atoms with Gasteiger partial charge in [0.25, 0.3) is 0 Å². The van der Waals surface area contributed by atoms with Crippen LogP contribution in [0.2, 0.25) is 0 Å². The van der Waals surface area contributed by atoms with E-state index in [0.717, 1.165) is 23.2 Å². The molecule has 1 amide bonds. The molecule has 1 unspecified atom stereocenters. The van der Waals surface area contributed by atoms with Crippen LogP contribution in [0.25, 0.3) is 0 Å². The van der Waals surface area contributed by atoms with Crippen molar-refractivity contribution in [3.63, 3.8) is 0 Å². The molecule has 1 aliphatic rings. The number of aliphatic carboxylic acids is 1. The molecule has 5 nitrogen and oxygen atoms in total. The van der Waals surface area contributed by atoms with Gasteiger partial charge in [-0.2, -0.15) is 0 Å². The highest BCUT2D eigenvalue weighted by molar-refractivity contribution is 5.93. The number of aryl methyl sites for hydroxylation is 1. The highest BCUT2D eigenvalue weighted by Gasteiger charge is 2.16. The lowest BCUT2D eigenvalue weighted by Crippen LogP contribution is -2.20. The molecule has 4 N–H and O–H groups in total. The Labute approximate surface area is 111 Å². The molecule has 0 bridgehead atoms. The molecular weight excluding hydrogens is 244 g/mol. The van der Waals surface area contributed by atoms with Gasteiger partial charge in [0.15, 0.2) is 0 Å². The van der Waals surface area contributed by atoms with Crippen LogP contribution in [0.3, 0.4) is 0 Å². The van der Waals surface area contributed by atoms with Crippen molar-refractivity contribution < 1.29 is 14.7 Å². The van der Waals surface area contributed by atoms with Crippen LogP contribution in [-0.4, -0.2) is 17.0 Å². The summed E-state index contributed by atoms with van der Waals surface area (Å²) in [6.45, 7) is 0. The van der Waals surface area contributed by atoms with Crippen molar-refractivity contribution in [2.75, 3.05) is 5.32 Å². The summed E-state index contributed by atoms with van der Waals surface area (Å²) in [4.78, 5) is 21.7. The number of carboxylic acids is 1. The predicted octanol–water partition coefficient (Wildman–Crippen LogP) is 1.83. The van der Waals surface area contributed by atoms with Crippen molar-refractivity contribution in [1.82, 2.24) is 0 Å². The minimum Gasteiger partial charge on any atom is -0.481 e. The Bertz CT molecular complexity index is 499. The molecule has 1 atom stereocenters. The lowest BCUT2D eigenvalue weighted by molar-refractivity contribution is -0.137. The first-order valence-electron chi connectivity index (χ1n) is 6.46. The third kappa shape index (κ3) is 3.54. The topological polar surface area (TPSA) is 92.4 Å². The number of hydrogen-bond acceptors (Lipinski definition) is 3. The molecule has 0 radical (unpaired) electrons. The van der Waals surface area contributed by atoms with Crippen LogP contribution in [0, 0.1) is 0 Å². The summed E-state index contributed by atoms with van der Waals surface area (Å²) < 4.78 is 0. The molecule has 5 heteroatoms. The molecule has 1 aromatic rings. The van der Waals surface area contributed by atoms with E-state index in [0.29, 0.717) is 19.3 Å². The van der Waals surface area contributed by atoms with Gasteiger partial charge in [0.1, 0.15) is 0 Å². The third-order valence-corrected chi connectivity index (χ3v) is 3.36. The summed E-state index contributed by atoms with van der Waals surface area (Å²) in [5.41, 5.74) is 9.02. The average Bonchev–Trinajstić information content (AvgIpc) is 2.37. The highest BCUT2D eigenvalue weighted by atomic mass is 16.4. The van der Waals surface area contributed by atoms with E-state index < -0.39 is 5.97 Å². The van der Waals surface area contributed by atoms with Crippen LogP contribution in [0.15, 0.2) is 18.2 Å². The summed E-state index contributed by atoms with van der Waals surface area (Å²) in [5, 5.41) is 11.4. The SMILES string of the molecule is NC(CCCC(=O)O)c1ccc2c(c1)CCC(=O)N2. The van der Waals surface area contributed by atoms with Gasteiger partial charge in [-0.3, -0.25) is 9.59 Å². The average molecular weight is 262 g/mol. The number of carboxylic acid groups (broad SMARTS) is 1. The van der Waals surface area contributed by atoms with E-state index in [1.807, 2.05) is 18.2 Å². The summed E-state index contributed by atoms with van der Waals surface area (Å²) in [6, 6.07) is 5.64. The van der Waals surface area contributed by atoms with Gasteiger partial charge in [0.05, 0.1) is 0 Å². The Morgan fingerprint density at radius 2 is 2.21 bits per heavy atom. The molecule has 1 aliphatic heterocycles. The number of benzene rings is 1. The highest BCUT2D eigenvalue weighted by Crippen LogP contribution is 2.27. The Morgan fingerprint density at radius 3 is 2.95 bits per heavy atom. The van der Waals surface area contributed by atoms with Crippen molar-refractivity contribution in [1.29, 1.82) is 0 Å². The molecule has 0 spiro atoms. The van der Waals surface area contributed by atoms with E-state index in [1.54, 1.807) is 0 Å². The van der Waals surface area contributed by atoms with E-state index in [9.17, 15) is 9.59 Å². The molecular formula is C14H18N2O3. The van der Waals surface area contributed by atoms with Gasteiger partial charge >= 0.3 is 5.97 Å². The zero-order valence-electron chi connectivity index (χ0n) is 10.7. The predicted molar refractivity (Wildman–Crippen MR) is 71.8 cm³/mol. The van der Waals surface area contributed by atoms with E-state index in [4.69, 9.17) is 10.8 Å². The van der Waals surface area contributed by atoms with E-state index in [1.165, 1.54) is 0 Å². The maximum absolute atomic E-state index is 11.3. The fourth-order valence-electron chi connectivity index (χ4n) is 2.27. The van der Waals surface area contributed by atoms with Gasteiger partial charge in [0, 0.05) is 24.6 Å². The molecule has 0 saturated carbocycles. The van der Waals surface area contributed by atoms with Crippen molar-refractivity contribution in [2.24, 2.45) is 5.73 Å². The van der Waals surface area contributed by atoms with Crippen LogP contribution in [0.5, 0.6) is 0 Å². The van der Waals surface area contributed by atoms with Gasteiger partial charge in [-0.1, -0.05) is 12.1 Å². The first kappa shape index (κ1) is 13.5. The van der Waals surface area contributed by atoms with Crippen LogP contribution in [0.4, 0.5) is 5.69 Å². The lowest BCUT2D eigenvalue weighted by atomic mass is 9.95. The number of carbonyl (C=O) groups excluding carboxylic acids is 1. The lowest BCUT2D eigenvalue weighted by Gasteiger charge is -2.19. The van der Waals surface area contributed by atoms with Gasteiger partial charge in [-0.25, -0.2) is 0 Å². The van der Waals surface area contributed by atoms with Gasteiger partial charge < -0.3 is 16.2 Å². The van der Waals surface area contributed by atoms with Crippen LogP contribution >= 0.6 is 0 Å². The van der Waals surface area contributed by atoms with Crippen LogP contribution in [-0.2, 0) is 16.0 Å². The van der Waals surface area contributed by atoms with Crippen LogP contribution < -0.4 is 11.1 Å². The molecule has 19 heavy (non-hydrogen) atoms. The number of rotatable bonds is 5. The second kappa shape index (κ2) is 5.84. The molecule has 0 aromatic heterocycles. The Kier molecular flexibility index (Phi) is 4.16.